The number of allylic oxidation sites excluding steroid dienone is 2. The number of hydrogen-bond donors (Lipinski definition) is 0. The van der Waals surface area contributed by atoms with Crippen molar-refractivity contribution in [3.8, 4) is 6.26 Å². The van der Waals surface area contributed by atoms with Crippen LogP contribution in [0.25, 0.3) is 0 Å². The summed E-state index contributed by atoms with van der Waals surface area (Å²) >= 11 is 0. The van der Waals surface area contributed by atoms with Crippen LogP contribution in [0.2, 0.25) is 0 Å². The van der Waals surface area contributed by atoms with Crippen LogP contribution in [0, 0.1) is 11.5 Å². The average Bonchev–Trinajstić information content (AvgIpc) is 2.85. The lowest BCUT2D eigenvalue weighted by Gasteiger charge is -2.25. The van der Waals surface area contributed by atoms with Gasteiger partial charge < -0.3 is 4.74 Å². The number of methoxy groups -OCH3 is 1. The third-order valence-electron chi connectivity index (χ3n) is 3.75. The maximum absolute atomic E-state index is 8.88. The quantitative estimate of drug-likeness (QED) is 0.226. The second-order valence-electron chi connectivity index (χ2n) is 6.36. The zero-order valence-electron chi connectivity index (χ0n) is 20.0. The molecule has 2 aromatic carbocycles. The highest BCUT2D eigenvalue weighted by Crippen LogP contribution is 2.30. The molecule has 0 unspecified atom stereocenters. The van der Waals surface area contributed by atoms with Crippen LogP contribution in [-0.4, -0.2) is 20.2 Å². The molecule has 4 nitrogen and oxygen atoms in total. The Morgan fingerprint density at radius 1 is 0.935 bits per heavy atom. The van der Waals surface area contributed by atoms with Gasteiger partial charge in [-0.1, -0.05) is 101 Å². The van der Waals surface area contributed by atoms with Gasteiger partial charge in [0, 0.05) is 12.5 Å². The Bertz CT molecular complexity index is 692. The van der Waals surface area contributed by atoms with E-state index in [4.69, 9.17) is 10.1 Å². The van der Waals surface area contributed by atoms with E-state index in [-0.39, 0.29) is 5.41 Å². The van der Waals surface area contributed by atoms with E-state index in [2.05, 4.69) is 111 Å². The Morgan fingerprint density at radius 3 is 1.35 bits per heavy atom. The first-order valence-electron chi connectivity index (χ1n) is 10.1. The summed E-state index contributed by atoms with van der Waals surface area (Å²) in [6.07, 6.45) is 8.65. The number of nitrogens with zero attached hydrogens (tertiary/aromatic N) is 2. The predicted octanol–water partition coefficient (Wildman–Crippen LogP) is 7.24. The molecule has 0 saturated carbocycles. The number of benzene rings is 2. The Labute approximate surface area is 189 Å². The lowest BCUT2D eigenvalue weighted by Crippen LogP contribution is -2.18. The fraction of sp³-hybridized carbons (Fsp3) is 0.333. The molecular weight excluding hydrogens is 384 g/mol. The number of ether oxygens (including phenoxy) is 1. The molecule has 0 aromatic heterocycles. The molecule has 0 saturated heterocycles. The highest BCUT2D eigenvalue weighted by molar-refractivity contribution is 5.36. The molecule has 0 fully saturated rings. The smallest absolute Gasteiger partial charge is 0.286 e. The van der Waals surface area contributed by atoms with Gasteiger partial charge in [0.15, 0.2) is 0 Å². The minimum atomic E-state index is 0.0858. The van der Waals surface area contributed by atoms with Crippen molar-refractivity contribution in [2.45, 2.75) is 46.0 Å². The minimum absolute atomic E-state index is 0.0858. The van der Waals surface area contributed by atoms with Crippen LogP contribution < -0.4 is 0 Å². The number of aliphatic imine (C=N–C) groups is 1. The van der Waals surface area contributed by atoms with Crippen molar-refractivity contribution in [1.29, 1.82) is 5.26 Å². The maximum atomic E-state index is 8.88. The van der Waals surface area contributed by atoms with Crippen molar-refractivity contribution < 1.29 is 9.53 Å². The van der Waals surface area contributed by atoms with Crippen LogP contribution in [0.5, 0.6) is 0 Å². The van der Waals surface area contributed by atoms with Crippen molar-refractivity contribution in [1.82, 2.24) is 0 Å². The van der Waals surface area contributed by atoms with Gasteiger partial charge in [-0.2, -0.15) is 5.26 Å². The Hall–Kier alpha value is -3.41. The summed E-state index contributed by atoms with van der Waals surface area (Å²) < 4.78 is 3.85. The molecule has 0 atom stereocenters. The predicted molar refractivity (Wildman–Crippen MR) is 133 cm³/mol. The molecule has 0 amide bonds. The molecular formula is C27H38N2O2. The SMILES string of the molecule is C=CCC.C=CCC.CC(C)(c1ccccc1)c1ccccc1.CN=C=O.COC#N. The lowest BCUT2D eigenvalue weighted by molar-refractivity contribution is 0.362. The summed E-state index contributed by atoms with van der Waals surface area (Å²) in [5.74, 6) is 0. The summed E-state index contributed by atoms with van der Waals surface area (Å²) in [5.41, 5.74) is 2.80. The van der Waals surface area contributed by atoms with Gasteiger partial charge in [0.2, 0.25) is 6.08 Å². The number of rotatable bonds is 4. The van der Waals surface area contributed by atoms with Crippen LogP contribution in [-0.2, 0) is 14.9 Å². The van der Waals surface area contributed by atoms with Crippen molar-refractivity contribution in [2.75, 3.05) is 14.2 Å². The van der Waals surface area contributed by atoms with E-state index in [1.54, 1.807) is 0 Å². The normalized spacial score (nSPS) is 8.16. The van der Waals surface area contributed by atoms with Crippen LogP contribution in [0.4, 0.5) is 0 Å². The molecule has 0 bridgehead atoms. The van der Waals surface area contributed by atoms with E-state index in [1.807, 2.05) is 12.2 Å². The Balaban J connectivity index is -0.000000404. The van der Waals surface area contributed by atoms with E-state index in [9.17, 15) is 0 Å². The zero-order valence-corrected chi connectivity index (χ0v) is 20.0. The Kier molecular flexibility index (Phi) is 25.6. The molecule has 0 aliphatic heterocycles. The van der Waals surface area contributed by atoms with Crippen molar-refractivity contribution in [3.63, 3.8) is 0 Å². The molecule has 0 N–H and O–H groups in total. The number of nitriles is 1. The number of carbonyl (C=O) groups excluding carboxylic acids is 1. The van der Waals surface area contributed by atoms with E-state index in [0.717, 1.165) is 12.8 Å². The summed E-state index contributed by atoms with van der Waals surface area (Å²) in [7, 11) is 2.70. The van der Waals surface area contributed by atoms with Gasteiger partial charge in [-0.05, 0) is 24.0 Å². The second kappa shape index (κ2) is 24.6. The monoisotopic (exact) mass is 422 g/mol. The van der Waals surface area contributed by atoms with Gasteiger partial charge in [0.05, 0.1) is 7.11 Å². The fourth-order valence-corrected chi connectivity index (χ4v) is 1.88. The third kappa shape index (κ3) is 19.7. The van der Waals surface area contributed by atoms with Crippen molar-refractivity contribution >= 4 is 6.08 Å². The van der Waals surface area contributed by atoms with Crippen LogP contribution in [0.1, 0.15) is 51.7 Å². The van der Waals surface area contributed by atoms with Gasteiger partial charge >= 0.3 is 0 Å². The molecule has 2 aromatic rings. The fourth-order valence-electron chi connectivity index (χ4n) is 1.88. The lowest BCUT2D eigenvalue weighted by atomic mass is 9.78. The first-order valence-corrected chi connectivity index (χ1v) is 10.1. The van der Waals surface area contributed by atoms with E-state index in [0.29, 0.717) is 0 Å². The largest absolute Gasteiger partial charge is 0.431 e. The van der Waals surface area contributed by atoms with Gasteiger partial charge in [0.25, 0.3) is 6.26 Å². The summed E-state index contributed by atoms with van der Waals surface area (Å²) in [5, 5.41) is 7.40. The summed E-state index contributed by atoms with van der Waals surface area (Å²) in [6.45, 7) is 15.6. The standard InChI is InChI=1S/C15H16.2C4H8.2C2H3NO/c1-15(2,13-9-5-3-6-10-13)14-11-7-4-8-12-14;2*1-3-4-2;1-4-2-3;1-3-2-4/h3-12H,1-2H3;2*3H,1,4H2,2H3;2*1H3. The molecule has 168 valence electrons. The van der Waals surface area contributed by atoms with E-state index >= 15 is 0 Å². The van der Waals surface area contributed by atoms with Gasteiger partial charge in [-0.25, -0.2) is 9.79 Å². The minimum Gasteiger partial charge on any atom is -0.431 e. The van der Waals surface area contributed by atoms with Crippen LogP contribution in [0.15, 0.2) is 91.0 Å². The molecule has 2 rings (SSSR count). The molecule has 0 spiro atoms. The first-order chi connectivity index (χ1) is 14.9. The van der Waals surface area contributed by atoms with Crippen molar-refractivity contribution in [3.05, 3.63) is 97.1 Å². The summed E-state index contributed by atoms with van der Waals surface area (Å²) in [4.78, 5) is 11.8. The van der Waals surface area contributed by atoms with Gasteiger partial charge in [0.1, 0.15) is 0 Å². The summed E-state index contributed by atoms with van der Waals surface area (Å²) in [6, 6.07) is 21.3. The second-order valence-corrected chi connectivity index (χ2v) is 6.36. The van der Waals surface area contributed by atoms with Gasteiger partial charge in [-0.3, -0.25) is 0 Å². The van der Waals surface area contributed by atoms with E-state index < -0.39 is 0 Å². The molecule has 0 aliphatic carbocycles. The Morgan fingerprint density at radius 2 is 1.19 bits per heavy atom. The molecule has 0 radical (unpaired) electrons. The van der Waals surface area contributed by atoms with Crippen LogP contribution >= 0.6 is 0 Å². The molecule has 31 heavy (non-hydrogen) atoms. The topological polar surface area (TPSA) is 62.4 Å². The number of isocyanates is 1. The molecule has 4 heteroatoms. The van der Waals surface area contributed by atoms with E-state index in [1.165, 1.54) is 37.6 Å². The maximum Gasteiger partial charge on any atom is 0.286 e. The highest BCUT2D eigenvalue weighted by atomic mass is 16.5. The van der Waals surface area contributed by atoms with Gasteiger partial charge in [-0.15, -0.1) is 13.2 Å². The molecule has 0 aliphatic rings. The van der Waals surface area contributed by atoms with Crippen molar-refractivity contribution in [2.24, 2.45) is 4.99 Å². The number of hydrogen-bond acceptors (Lipinski definition) is 4. The first kappa shape index (κ1) is 32.3. The average molecular weight is 423 g/mol. The third-order valence-corrected chi connectivity index (χ3v) is 3.75. The highest BCUT2D eigenvalue weighted by Gasteiger charge is 2.21. The van der Waals surface area contributed by atoms with Crippen LogP contribution in [0.3, 0.4) is 0 Å². The molecule has 0 heterocycles. The zero-order chi connectivity index (χ0) is 24.4.